The van der Waals surface area contributed by atoms with Gasteiger partial charge in [0.05, 0.1) is 12.7 Å². The molecule has 0 radical (unpaired) electrons. The third kappa shape index (κ3) is 3.59. The van der Waals surface area contributed by atoms with E-state index < -0.39 is 0 Å². The van der Waals surface area contributed by atoms with Crippen molar-refractivity contribution in [3.63, 3.8) is 0 Å². The van der Waals surface area contributed by atoms with Crippen LogP contribution >= 0.6 is 0 Å². The van der Waals surface area contributed by atoms with Crippen molar-refractivity contribution in [2.75, 3.05) is 7.11 Å². The van der Waals surface area contributed by atoms with E-state index in [9.17, 15) is 4.79 Å². The smallest absolute Gasteiger partial charge is 0.337 e. The predicted molar refractivity (Wildman–Crippen MR) is 75.2 cm³/mol. The van der Waals surface area contributed by atoms with Gasteiger partial charge in [0.15, 0.2) is 11.9 Å². The van der Waals surface area contributed by atoms with E-state index in [0.29, 0.717) is 23.0 Å². The van der Waals surface area contributed by atoms with Gasteiger partial charge in [-0.2, -0.15) is 4.98 Å². The van der Waals surface area contributed by atoms with E-state index >= 15 is 0 Å². The van der Waals surface area contributed by atoms with Crippen molar-refractivity contribution in [2.45, 2.75) is 32.8 Å². The lowest BCUT2D eigenvalue weighted by Crippen LogP contribution is -2.05. The molecule has 0 aliphatic rings. The lowest BCUT2D eigenvalue weighted by Gasteiger charge is -2.10. The standard InChI is InChI=1S/C15H18N2O4/c1-9(2)13-16-14(21-17-13)10(3)20-12-7-5-11(6-8-12)15(18)19-4/h5-10H,1-4H3/t10-/m1/s1. The van der Waals surface area contributed by atoms with Crippen LogP contribution in [-0.2, 0) is 4.74 Å². The molecule has 2 rings (SSSR count). The van der Waals surface area contributed by atoms with E-state index in [2.05, 4.69) is 14.9 Å². The molecule has 0 bridgehead atoms. The largest absolute Gasteiger partial charge is 0.481 e. The van der Waals surface area contributed by atoms with Gasteiger partial charge in [-0.3, -0.25) is 0 Å². The lowest BCUT2D eigenvalue weighted by molar-refractivity contribution is 0.0600. The number of hydrogen-bond acceptors (Lipinski definition) is 6. The number of hydrogen-bond donors (Lipinski definition) is 0. The average Bonchev–Trinajstić information content (AvgIpc) is 2.97. The SMILES string of the molecule is COC(=O)c1ccc(O[C@H](C)c2nc(C(C)C)no2)cc1. The lowest BCUT2D eigenvalue weighted by atomic mass is 10.2. The van der Waals surface area contributed by atoms with Crippen molar-refractivity contribution in [1.29, 1.82) is 0 Å². The van der Waals surface area contributed by atoms with E-state index in [4.69, 9.17) is 9.26 Å². The molecule has 21 heavy (non-hydrogen) atoms. The van der Waals surface area contributed by atoms with Gasteiger partial charge >= 0.3 is 5.97 Å². The van der Waals surface area contributed by atoms with E-state index in [0.717, 1.165) is 0 Å². The zero-order valence-corrected chi connectivity index (χ0v) is 12.5. The van der Waals surface area contributed by atoms with E-state index in [1.54, 1.807) is 24.3 Å². The third-order valence-electron chi connectivity index (χ3n) is 2.91. The third-order valence-corrected chi connectivity index (χ3v) is 2.91. The van der Waals surface area contributed by atoms with Gasteiger partial charge in [0, 0.05) is 5.92 Å². The maximum Gasteiger partial charge on any atom is 0.337 e. The first-order valence-electron chi connectivity index (χ1n) is 6.69. The molecule has 1 aromatic heterocycles. The number of benzene rings is 1. The Kier molecular flexibility index (Phi) is 4.57. The van der Waals surface area contributed by atoms with Crippen LogP contribution in [0.3, 0.4) is 0 Å². The van der Waals surface area contributed by atoms with Crippen LogP contribution in [0.5, 0.6) is 5.75 Å². The second-order valence-corrected chi connectivity index (χ2v) is 4.92. The van der Waals surface area contributed by atoms with Gasteiger partial charge in [-0.15, -0.1) is 0 Å². The van der Waals surface area contributed by atoms with Crippen molar-refractivity contribution in [3.05, 3.63) is 41.5 Å². The Labute approximate surface area is 123 Å². The number of rotatable bonds is 5. The number of methoxy groups -OCH3 is 1. The van der Waals surface area contributed by atoms with Crippen LogP contribution in [0.1, 0.15) is 54.9 Å². The maximum atomic E-state index is 11.3. The fourth-order valence-corrected chi connectivity index (χ4v) is 1.69. The van der Waals surface area contributed by atoms with Crippen LogP contribution in [0.2, 0.25) is 0 Å². The molecule has 0 saturated carbocycles. The summed E-state index contributed by atoms with van der Waals surface area (Å²) in [6.07, 6.45) is -0.367. The first-order chi connectivity index (χ1) is 10.0. The molecule has 6 nitrogen and oxygen atoms in total. The summed E-state index contributed by atoms with van der Waals surface area (Å²) >= 11 is 0. The molecular formula is C15H18N2O4. The summed E-state index contributed by atoms with van der Waals surface area (Å²) in [5.41, 5.74) is 0.470. The quantitative estimate of drug-likeness (QED) is 0.788. The zero-order chi connectivity index (χ0) is 15.4. The number of carbonyl (C=O) groups is 1. The second kappa shape index (κ2) is 6.39. The fourth-order valence-electron chi connectivity index (χ4n) is 1.69. The summed E-state index contributed by atoms with van der Waals surface area (Å²) < 4.78 is 15.5. The second-order valence-electron chi connectivity index (χ2n) is 4.92. The Bertz CT molecular complexity index is 604. The Hall–Kier alpha value is -2.37. The van der Waals surface area contributed by atoms with Crippen molar-refractivity contribution >= 4 is 5.97 Å². The summed E-state index contributed by atoms with van der Waals surface area (Å²) in [6, 6.07) is 6.67. The predicted octanol–water partition coefficient (Wildman–Crippen LogP) is 3.12. The first kappa shape index (κ1) is 15.0. The maximum absolute atomic E-state index is 11.3. The minimum atomic E-state index is -0.381. The molecule has 0 spiro atoms. The molecule has 1 atom stereocenters. The van der Waals surface area contributed by atoms with Gasteiger partial charge in [-0.1, -0.05) is 19.0 Å². The highest BCUT2D eigenvalue weighted by Gasteiger charge is 2.17. The van der Waals surface area contributed by atoms with Crippen LogP contribution in [-0.4, -0.2) is 23.2 Å². The summed E-state index contributed by atoms with van der Waals surface area (Å²) in [7, 11) is 1.34. The molecule has 2 aromatic rings. The Balaban J connectivity index is 2.04. The van der Waals surface area contributed by atoms with Crippen LogP contribution in [0, 0.1) is 0 Å². The number of ether oxygens (including phenoxy) is 2. The van der Waals surface area contributed by atoms with E-state index in [1.807, 2.05) is 20.8 Å². The number of aromatic nitrogens is 2. The molecule has 0 saturated heterocycles. The topological polar surface area (TPSA) is 74.5 Å². The van der Waals surface area contributed by atoms with Gasteiger partial charge < -0.3 is 14.0 Å². The summed E-state index contributed by atoms with van der Waals surface area (Å²) in [5.74, 6) is 1.51. The highest BCUT2D eigenvalue weighted by Crippen LogP contribution is 2.22. The minimum absolute atomic E-state index is 0.203. The molecule has 0 unspecified atom stereocenters. The number of esters is 1. The number of carbonyl (C=O) groups excluding carboxylic acids is 1. The summed E-state index contributed by atoms with van der Waals surface area (Å²) in [5, 5.41) is 3.90. The van der Waals surface area contributed by atoms with Gasteiger partial charge in [0.25, 0.3) is 5.89 Å². The minimum Gasteiger partial charge on any atom is -0.481 e. The van der Waals surface area contributed by atoms with Crippen molar-refractivity contribution in [2.24, 2.45) is 0 Å². The summed E-state index contributed by atoms with van der Waals surface area (Å²) in [6.45, 7) is 5.81. The van der Waals surface area contributed by atoms with Crippen LogP contribution in [0.25, 0.3) is 0 Å². The highest BCUT2D eigenvalue weighted by molar-refractivity contribution is 5.89. The fraction of sp³-hybridized carbons (Fsp3) is 0.400. The molecule has 0 amide bonds. The average molecular weight is 290 g/mol. The van der Waals surface area contributed by atoms with Gasteiger partial charge in [0.1, 0.15) is 5.75 Å². The zero-order valence-electron chi connectivity index (χ0n) is 12.5. The Morgan fingerprint density at radius 1 is 1.19 bits per heavy atom. The summed E-state index contributed by atoms with van der Waals surface area (Å²) in [4.78, 5) is 15.6. The van der Waals surface area contributed by atoms with Crippen molar-refractivity contribution in [3.8, 4) is 5.75 Å². The molecule has 112 valence electrons. The Morgan fingerprint density at radius 3 is 2.38 bits per heavy atom. The molecule has 0 fully saturated rings. The molecule has 1 aromatic carbocycles. The monoisotopic (exact) mass is 290 g/mol. The van der Waals surface area contributed by atoms with Crippen LogP contribution in [0.4, 0.5) is 0 Å². The molecule has 6 heteroatoms. The highest BCUT2D eigenvalue weighted by atomic mass is 16.5. The van der Waals surface area contributed by atoms with Crippen LogP contribution in [0.15, 0.2) is 28.8 Å². The van der Waals surface area contributed by atoms with E-state index in [-0.39, 0.29) is 18.0 Å². The van der Waals surface area contributed by atoms with Gasteiger partial charge in [-0.05, 0) is 31.2 Å². The van der Waals surface area contributed by atoms with Crippen molar-refractivity contribution < 1.29 is 18.8 Å². The molecule has 0 N–H and O–H groups in total. The first-order valence-corrected chi connectivity index (χ1v) is 6.69. The van der Waals surface area contributed by atoms with E-state index in [1.165, 1.54) is 7.11 Å². The molecule has 1 heterocycles. The van der Waals surface area contributed by atoms with Gasteiger partial charge in [0.2, 0.25) is 0 Å². The number of nitrogens with zero attached hydrogens (tertiary/aromatic N) is 2. The Morgan fingerprint density at radius 2 is 1.86 bits per heavy atom. The normalized spacial score (nSPS) is 12.2. The molecule has 0 aliphatic carbocycles. The van der Waals surface area contributed by atoms with Crippen LogP contribution < -0.4 is 4.74 Å². The molecule has 0 aliphatic heterocycles. The molecular weight excluding hydrogens is 272 g/mol. The van der Waals surface area contributed by atoms with Gasteiger partial charge in [-0.25, -0.2) is 4.79 Å². The van der Waals surface area contributed by atoms with Crippen molar-refractivity contribution in [1.82, 2.24) is 10.1 Å².